The van der Waals surface area contributed by atoms with Crippen LogP contribution in [0.15, 0.2) is 97.1 Å². The first-order valence-electron chi connectivity index (χ1n) is 9.17. The van der Waals surface area contributed by atoms with Crippen molar-refractivity contribution in [3.05, 3.63) is 108 Å². The van der Waals surface area contributed by atoms with Gasteiger partial charge in [0.15, 0.2) is 0 Å². The highest BCUT2D eigenvalue weighted by Gasteiger charge is 2.04. The Balaban J connectivity index is 1.73. The Hall–Kier alpha value is -3.26. The molecule has 3 aromatic carbocycles. The zero-order chi connectivity index (χ0) is 18.7. The van der Waals surface area contributed by atoms with Gasteiger partial charge in [0.2, 0.25) is 0 Å². The molecule has 27 heavy (non-hydrogen) atoms. The van der Waals surface area contributed by atoms with E-state index in [2.05, 4.69) is 89.9 Å². The highest BCUT2D eigenvalue weighted by molar-refractivity contribution is 5.56. The summed E-state index contributed by atoms with van der Waals surface area (Å²) in [4.78, 5) is 2.32. The van der Waals surface area contributed by atoms with Crippen molar-refractivity contribution in [1.29, 1.82) is 0 Å². The van der Waals surface area contributed by atoms with Crippen molar-refractivity contribution in [3.63, 3.8) is 0 Å². The van der Waals surface area contributed by atoms with Crippen LogP contribution >= 0.6 is 0 Å². The van der Waals surface area contributed by atoms with Crippen molar-refractivity contribution in [1.82, 2.24) is 0 Å². The summed E-state index contributed by atoms with van der Waals surface area (Å²) in [6.45, 7) is 1.64. The van der Waals surface area contributed by atoms with Gasteiger partial charge in [0.05, 0.1) is 7.11 Å². The zero-order valence-corrected chi connectivity index (χ0v) is 15.7. The number of nitrogens with zero attached hydrogens (tertiary/aromatic N) is 1. The number of benzene rings is 3. The van der Waals surface area contributed by atoms with E-state index in [4.69, 9.17) is 4.74 Å². The van der Waals surface area contributed by atoms with Crippen LogP contribution in [-0.4, -0.2) is 20.2 Å². The molecule has 3 rings (SSSR count). The summed E-state index contributed by atoms with van der Waals surface area (Å²) in [7, 11) is 1.70. The van der Waals surface area contributed by atoms with E-state index in [-0.39, 0.29) is 0 Å². The fourth-order valence-corrected chi connectivity index (χ4v) is 2.85. The molecule has 0 N–H and O–H groups in total. The van der Waals surface area contributed by atoms with Gasteiger partial charge in [-0.25, -0.2) is 0 Å². The lowest BCUT2D eigenvalue weighted by Gasteiger charge is -2.22. The molecule has 2 heteroatoms. The van der Waals surface area contributed by atoms with E-state index in [0.717, 1.165) is 24.5 Å². The normalized spacial score (nSPS) is 11.1. The second-order valence-electron chi connectivity index (χ2n) is 6.23. The summed E-state index contributed by atoms with van der Waals surface area (Å²) >= 11 is 0. The maximum Gasteiger partial charge on any atom is 0.120 e. The van der Waals surface area contributed by atoms with Crippen LogP contribution in [0.4, 0.5) is 5.69 Å². The van der Waals surface area contributed by atoms with E-state index in [1.807, 2.05) is 24.3 Å². The zero-order valence-electron chi connectivity index (χ0n) is 15.7. The number of hydrogen-bond acceptors (Lipinski definition) is 2. The van der Waals surface area contributed by atoms with Crippen LogP contribution in [0, 0.1) is 0 Å². The van der Waals surface area contributed by atoms with Gasteiger partial charge in [-0.05, 0) is 23.3 Å². The molecular formula is C25H25NO. The molecule has 2 nitrogen and oxygen atoms in total. The summed E-state index contributed by atoms with van der Waals surface area (Å²) < 4.78 is 5.39. The lowest BCUT2D eigenvalue weighted by molar-refractivity contribution is 0.415. The Morgan fingerprint density at radius 3 is 1.78 bits per heavy atom. The van der Waals surface area contributed by atoms with Crippen molar-refractivity contribution in [3.8, 4) is 5.75 Å². The smallest absolute Gasteiger partial charge is 0.120 e. The molecule has 0 atom stereocenters. The van der Waals surface area contributed by atoms with Gasteiger partial charge in [-0.3, -0.25) is 0 Å². The first-order chi connectivity index (χ1) is 13.3. The van der Waals surface area contributed by atoms with Crippen LogP contribution in [0.1, 0.15) is 11.1 Å². The van der Waals surface area contributed by atoms with Crippen molar-refractivity contribution in [2.75, 3.05) is 25.1 Å². The SMILES string of the molecule is COc1cccc(N(C/C=C/c2ccccc2)C/C=C/c2ccccc2)c1. The lowest BCUT2D eigenvalue weighted by Crippen LogP contribution is -2.23. The largest absolute Gasteiger partial charge is 0.497 e. The first kappa shape index (κ1) is 18.5. The highest BCUT2D eigenvalue weighted by atomic mass is 16.5. The fraction of sp³-hybridized carbons (Fsp3) is 0.120. The maximum absolute atomic E-state index is 5.39. The molecule has 0 unspecified atom stereocenters. The molecule has 0 fully saturated rings. The molecule has 0 saturated carbocycles. The minimum Gasteiger partial charge on any atom is -0.497 e. The summed E-state index contributed by atoms with van der Waals surface area (Å²) in [6, 6.07) is 29.0. The molecule has 0 aromatic heterocycles. The van der Waals surface area contributed by atoms with Gasteiger partial charge in [0.1, 0.15) is 5.75 Å². The van der Waals surface area contributed by atoms with E-state index in [0.29, 0.717) is 0 Å². The molecule has 0 saturated heterocycles. The minimum absolute atomic E-state index is 0.821. The van der Waals surface area contributed by atoms with Crippen molar-refractivity contribution in [2.45, 2.75) is 0 Å². The van der Waals surface area contributed by atoms with Crippen molar-refractivity contribution < 1.29 is 4.74 Å². The first-order valence-corrected chi connectivity index (χ1v) is 9.17. The third kappa shape index (κ3) is 5.89. The molecular weight excluding hydrogens is 330 g/mol. The molecule has 0 aliphatic heterocycles. The summed E-state index contributed by atoms with van der Waals surface area (Å²) in [6.07, 6.45) is 8.72. The molecule has 0 spiro atoms. The molecule has 0 amide bonds. The molecule has 0 aliphatic carbocycles. The minimum atomic E-state index is 0.821. The highest BCUT2D eigenvalue weighted by Crippen LogP contribution is 2.21. The van der Waals surface area contributed by atoms with E-state index in [1.54, 1.807) is 7.11 Å². The summed E-state index contributed by atoms with van der Waals surface area (Å²) in [5.41, 5.74) is 3.57. The van der Waals surface area contributed by atoms with E-state index >= 15 is 0 Å². The average molecular weight is 355 g/mol. The van der Waals surface area contributed by atoms with E-state index < -0.39 is 0 Å². The molecule has 0 heterocycles. The molecule has 0 bridgehead atoms. The lowest BCUT2D eigenvalue weighted by atomic mass is 10.2. The predicted octanol–water partition coefficient (Wildman–Crippen LogP) is 5.93. The molecule has 3 aromatic rings. The molecule has 0 aliphatic rings. The molecule has 0 radical (unpaired) electrons. The number of hydrogen-bond donors (Lipinski definition) is 0. The topological polar surface area (TPSA) is 12.5 Å². The Morgan fingerprint density at radius 1 is 0.704 bits per heavy atom. The Labute approximate surface area is 162 Å². The maximum atomic E-state index is 5.39. The van der Waals surface area contributed by atoms with Gasteiger partial charge in [0.25, 0.3) is 0 Å². The Bertz CT molecular complexity index is 818. The van der Waals surface area contributed by atoms with Gasteiger partial charge in [-0.15, -0.1) is 0 Å². The number of rotatable bonds is 8. The monoisotopic (exact) mass is 355 g/mol. The van der Waals surface area contributed by atoms with Crippen LogP contribution in [0.3, 0.4) is 0 Å². The van der Waals surface area contributed by atoms with Crippen LogP contribution in [0.2, 0.25) is 0 Å². The summed E-state index contributed by atoms with van der Waals surface area (Å²) in [5.74, 6) is 0.872. The third-order valence-corrected chi connectivity index (χ3v) is 4.29. The standard InChI is InChI=1S/C25H25NO/c1-27-25-18-8-17-24(21-25)26(19-9-15-22-11-4-2-5-12-22)20-10-16-23-13-6-3-7-14-23/h2-18,21H,19-20H2,1H3/b15-9+,16-10+. The number of ether oxygens (including phenoxy) is 1. The van der Waals surface area contributed by atoms with Crippen LogP contribution in [0.5, 0.6) is 5.75 Å². The van der Waals surface area contributed by atoms with E-state index in [1.165, 1.54) is 11.1 Å². The van der Waals surface area contributed by atoms with Crippen molar-refractivity contribution in [2.24, 2.45) is 0 Å². The Kier molecular flexibility index (Phi) is 6.88. The third-order valence-electron chi connectivity index (χ3n) is 4.29. The van der Waals surface area contributed by atoms with Gasteiger partial charge in [-0.2, -0.15) is 0 Å². The Morgan fingerprint density at radius 2 is 1.26 bits per heavy atom. The van der Waals surface area contributed by atoms with Gasteiger partial charge in [-0.1, -0.05) is 91.0 Å². The van der Waals surface area contributed by atoms with Crippen LogP contribution in [0.25, 0.3) is 12.2 Å². The number of methoxy groups -OCH3 is 1. The second-order valence-corrected chi connectivity index (χ2v) is 6.23. The second kappa shape index (κ2) is 10.0. The van der Waals surface area contributed by atoms with Crippen LogP contribution in [-0.2, 0) is 0 Å². The quantitative estimate of drug-likeness (QED) is 0.497. The predicted molar refractivity (Wildman–Crippen MR) is 116 cm³/mol. The average Bonchev–Trinajstić information content (AvgIpc) is 2.74. The summed E-state index contributed by atoms with van der Waals surface area (Å²) in [5, 5.41) is 0. The van der Waals surface area contributed by atoms with Gasteiger partial charge >= 0.3 is 0 Å². The molecule has 136 valence electrons. The number of anilines is 1. The van der Waals surface area contributed by atoms with Crippen LogP contribution < -0.4 is 9.64 Å². The van der Waals surface area contributed by atoms with E-state index in [9.17, 15) is 0 Å². The van der Waals surface area contributed by atoms with Crippen molar-refractivity contribution >= 4 is 17.8 Å². The van der Waals surface area contributed by atoms with Gasteiger partial charge in [0, 0.05) is 24.8 Å². The fourth-order valence-electron chi connectivity index (χ4n) is 2.85. The van der Waals surface area contributed by atoms with Gasteiger partial charge < -0.3 is 9.64 Å².